The maximum atomic E-state index is 13.2. The molecule has 24 heavy (non-hydrogen) atoms. The average Bonchev–Trinajstić information content (AvgIpc) is 2.55. The summed E-state index contributed by atoms with van der Waals surface area (Å²) in [7, 11) is 0. The summed E-state index contributed by atoms with van der Waals surface area (Å²) in [4.78, 5) is 23.7. The molecule has 2 N–H and O–H groups in total. The number of halogens is 1. The molecule has 4 nitrogen and oxygen atoms in total. The van der Waals surface area contributed by atoms with Crippen LogP contribution in [0, 0.1) is 11.7 Å². The highest BCUT2D eigenvalue weighted by atomic mass is 19.1. The first-order valence-corrected chi connectivity index (χ1v) is 7.77. The maximum Gasteiger partial charge on any atom is 0.326 e. The van der Waals surface area contributed by atoms with Crippen LogP contribution >= 0.6 is 0 Å². The van der Waals surface area contributed by atoms with E-state index in [1.165, 1.54) is 12.1 Å². The van der Waals surface area contributed by atoms with E-state index >= 15 is 0 Å². The predicted octanol–water partition coefficient (Wildman–Crippen LogP) is 2.82. The number of benzene rings is 2. The minimum atomic E-state index is -1.08. The molecule has 0 heterocycles. The van der Waals surface area contributed by atoms with Gasteiger partial charge in [-0.1, -0.05) is 49.4 Å². The number of carboxylic acid groups (broad SMARTS) is 1. The molecule has 0 saturated carbocycles. The molecule has 2 aromatic carbocycles. The van der Waals surface area contributed by atoms with Crippen molar-refractivity contribution in [3.05, 3.63) is 71.5 Å². The fraction of sp³-hybridized carbons (Fsp3) is 0.263. The number of carboxylic acids is 1. The molecule has 0 fully saturated rings. The molecule has 2 aromatic rings. The van der Waals surface area contributed by atoms with E-state index in [0.717, 1.165) is 5.56 Å². The zero-order valence-electron chi connectivity index (χ0n) is 13.4. The second kappa shape index (κ2) is 8.24. The zero-order chi connectivity index (χ0) is 17.5. The maximum absolute atomic E-state index is 13.2. The Balaban J connectivity index is 1.98. The van der Waals surface area contributed by atoms with Gasteiger partial charge < -0.3 is 10.4 Å². The Labute approximate surface area is 140 Å². The zero-order valence-corrected chi connectivity index (χ0v) is 13.4. The monoisotopic (exact) mass is 329 g/mol. The van der Waals surface area contributed by atoms with E-state index in [0.29, 0.717) is 12.0 Å². The lowest BCUT2D eigenvalue weighted by atomic mass is 9.99. The second-order valence-corrected chi connectivity index (χ2v) is 5.82. The van der Waals surface area contributed by atoms with Crippen molar-refractivity contribution in [2.45, 2.75) is 25.8 Å². The molecule has 0 radical (unpaired) electrons. The Kier molecular flexibility index (Phi) is 6.07. The number of hydrogen-bond acceptors (Lipinski definition) is 2. The van der Waals surface area contributed by atoms with Crippen LogP contribution in [0.3, 0.4) is 0 Å². The summed E-state index contributed by atoms with van der Waals surface area (Å²) in [5.41, 5.74) is 1.54. The lowest BCUT2D eigenvalue weighted by molar-refractivity contribution is -0.142. The molecule has 0 aliphatic heterocycles. The lowest BCUT2D eigenvalue weighted by Gasteiger charge is -2.18. The molecule has 0 saturated heterocycles. The standard InChI is InChI=1S/C19H20FNO3/c1-13(10-15-8-5-9-16(20)11-15)18(22)21-17(19(23)24)12-14-6-3-2-4-7-14/h2-9,11,13,17H,10,12H2,1H3,(H,21,22)(H,23,24)/t13?,17-/m1/s1. The quantitative estimate of drug-likeness (QED) is 0.821. The molecule has 126 valence electrons. The van der Waals surface area contributed by atoms with Crippen molar-refractivity contribution < 1.29 is 19.1 Å². The highest BCUT2D eigenvalue weighted by molar-refractivity contribution is 5.85. The van der Waals surface area contributed by atoms with Gasteiger partial charge in [-0.2, -0.15) is 0 Å². The number of hydrogen-bond donors (Lipinski definition) is 2. The second-order valence-electron chi connectivity index (χ2n) is 5.82. The number of rotatable bonds is 7. The molecular weight excluding hydrogens is 309 g/mol. The number of nitrogens with one attached hydrogen (secondary N) is 1. The van der Waals surface area contributed by atoms with Gasteiger partial charge in [-0.3, -0.25) is 4.79 Å². The van der Waals surface area contributed by atoms with Crippen LogP contribution in [-0.2, 0) is 22.4 Å². The van der Waals surface area contributed by atoms with Gasteiger partial charge in [0, 0.05) is 12.3 Å². The van der Waals surface area contributed by atoms with E-state index in [1.807, 2.05) is 30.3 Å². The first-order chi connectivity index (χ1) is 11.5. The highest BCUT2D eigenvalue weighted by Gasteiger charge is 2.23. The molecule has 2 rings (SSSR count). The van der Waals surface area contributed by atoms with E-state index in [2.05, 4.69) is 5.32 Å². The van der Waals surface area contributed by atoms with Gasteiger partial charge in [-0.25, -0.2) is 9.18 Å². The summed E-state index contributed by atoms with van der Waals surface area (Å²) >= 11 is 0. The molecule has 1 unspecified atom stereocenters. The van der Waals surface area contributed by atoms with Crippen molar-refractivity contribution in [3.8, 4) is 0 Å². The van der Waals surface area contributed by atoms with Gasteiger partial charge in [-0.15, -0.1) is 0 Å². The van der Waals surface area contributed by atoms with Gasteiger partial charge in [0.2, 0.25) is 5.91 Å². The van der Waals surface area contributed by atoms with Crippen LogP contribution in [0.2, 0.25) is 0 Å². The fourth-order valence-electron chi connectivity index (χ4n) is 2.47. The Morgan fingerprint density at radius 2 is 1.71 bits per heavy atom. The van der Waals surface area contributed by atoms with Crippen LogP contribution in [-0.4, -0.2) is 23.0 Å². The molecule has 0 aromatic heterocycles. The van der Waals surface area contributed by atoms with Crippen molar-refractivity contribution in [3.63, 3.8) is 0 Å². The van der Waals surface area contributed by atoms with Crippen molar-refractivity contribution in [2.24, 2.45) is 5.92 Å². The molecule has 1 amide bonds. The van der Waals surface area contributed by atoms with E-state index in [4.69, 9.17) is 0 Å². The van der Waals surface area contributed by atoms with Crippen molar-refractivity contribution in [1.82, 2.24) is 5.32 Å². The van der Waals surface area contributed by atoms with E-state index in [1.54, 1.807) is 19.1 Å². The van der Waals surface area contributed by atoms with Gasteiger partial charge in [-0.05, 0) is 29.7 Å². The number of aliphatic carboxylic acids is 1. The summed E-state index contributed by atoms with van der Waals surface area (Å²) in [5.74, 6) is -2.25. The van der Waals surface area contributed by atoms with E-state index in [9.17, 15) is 19.1 Å². The Bertz CT molecular complexity index is 703. The Morgan fingerprint density at radius 3 is 2.33 bits per heavy atom. The van der Waals surface area contributed by atoms with E-state index in [-0.39, 0.29) is 18.1 Å². The molecule has 0 bridgehead atoms. The third-order valence-electron chi connectivity index (χ3n) is 3.78. The van der Waals surface area contributed by atoms with Gasteiger partial charge in [0.05, 0.1) is 0 Å². The van der Waals surface area contributed by atoms with Gasteiger partial charge in [0.25, 0.3) is 0 Å². The first kappa shape index (κ1) is 17.7. The largest absolute Gasteiger partial charge is 0.480 e. The van der Waals surface area contributed by atoms with Crippen LogP contribution in [0.25, 0.3) is 0 Å². The predicted molar refractivity (Wildman–Crippen MR) is 89.0 cm³/mol. The Morgan fingerprint density at radius 1 is 1.04 bits per heavy atom. The third-order valence-corrected chi connectivity index (χ3v) is 3.78. The van der Waals surface area contributed by atoms with Crippen LogP contribution in [0.5, 0.6) is 0 Å². The molecule has 2 atom stereocenters. The summed E-state index contributed by atoms with van der Waals surface area (Å²) in [6.45, 7) is 1.70. The SMILES string of the molecule is CC(Cc1cccc(F)c1)C(=O)N[C@H](Cc1ccccc1)C(=O)O. The molecule has 5 heteroatoms. The highest BCUT2D eigenvalue weighted by Crippen LogP contribution is 2.11. The van der Waals surface area contributed by atoms with Crippen LogP contribution in [0.15, 0.2) is 54.6 Å². The third kappa shape index (κ3) is 5.19. The first-order valence-electron chi connectivity index (χ1n) is 7.77. The smallest absolute Gasteiger partial charge is 0.326 e. The topological polar surface area (TPSA) is 66.4 Å². The number of carbonyl (C=O) groups is 2. The minimum absolute atomic E-state index is 0.217. The Hall–Kier alpha value is -2.69. The number of carbonyl (C=O) groups excluding carboxylic acids is 1. The average molecular weight is 329 g/mol. The summed E-state index contributed by atoms with van der Waals surface area (Å²) < 4.78 is 13.2. The number of amides is 1. The van der Waals surface area contributed by atoms with Gasteiger partial charge in [0.15, 0.2) is 0 Å². The lowest BCUT2D eigenvalue weighted by Crippen LogP contribution is -2.44. The van der Waals surface area contributed by atoms with Crippen LogP contribution in [0.1, 0.15) is 18.1 Å². The van der Waals surface area contributed by atoms with Crippen LogP contribution < -0.4 is 5.32 Å². The fourth-order valence-corrected chi connectivity index (χ4v) is 2.47. The summed E-state index contributed by atoms with van der Waals surface area (Å²) in [6.07, 6.45) is 0.565. The minimum Gasteiger partial charge on any atom is -0.480 e. The van der Waals surface area contributed by atoms with Crippen molar-refractivity contribution >= 4 is 11.9 Å². The summed E-state index contributed by atoms with van der Waals surface area (Å²) in [6, 6.07) is 14.2. The van der Waals surface area contributed by atoms with Gasteiger partial charge in [0.1, 0.15) is 11.9 Å². The molecular formula is C19H20FNO3. The summed E-state index contributed by atoms with van der Waals surface area (Å²) in [5, 5.41) is 11.9. The molecule has 0 spiro atoms. The van der Waals surface area contributed by atoms with Gasteiger partial charge >= 0.3 is 5.97 Å². The molecule has 0 aliphatic carbocycles. The normalized spacial score (nSPS) is 13.1. The van der Waals surface area contributed by atoms with Crippen molar-refractivity contribution in [2.75, 3.05) is 0 Å². The van der Waals surface area contributed by atoms with Crippen molar-refractivity contribution in [1.29, 1.82) is 0 Å². The molecule has 0 aliphatic rings. The van der Waals surface area contributed by atoms with E-state index < -0.39 is 17.9 Å². The van der Waals surface area contributed by atoms with Crippen LogP contribution in [0.4, 0.5) is 4.39 Å².